The largest absolute Gasteiger partial charge is 0.481 e. The van der Waals surface area contributed by atoms with Gasteiger partial charge in [-0.25, -0.2) is 0 Å². The Hall–Kier alpha value is -1.32. The van der Waals surface area contributed by atoms with Crippen LogP contribution in [0.5, 0.6) is 0 Å². The van der Waals surface area contributed by atoms with Gasteiger partial charge in [-0.2, -0.15) is 0 Å². The molecule has 230 valence electrons. The molecule has 4 heteroatoms. The van der Waals surface area contributed by atoms with E-state index in [1.165, 1.54) is 173 Å². The summed E-state index contributed by atoms with van der Waals surface area (Å²) in [7, 11) is 0. The smallest absolute Gasteiger partial charge is 0.310 e. The molecule has 0 aliphatic heterocycles. The Morgan fingerprint density at radius 2 is 0.769 bits per heavy atom. The first-order chi connectivity index (χ1) is 19.1. The summed E-state index contributed by atoms with van der Waals surface area (Å²) in [6, 6.07) is 0. The van der Waals surface area contributed by atoms with Crippen molar-refractivity contribution in [2.75, 3.05) is 0 Å². The molecular weight excluding hydrogens is 484 g/mol. The zero-order valence-corrected chi connectivity index (χ0v) is 25.9. The third-order valence-corrected chi connectivity index (χ3v) is 8.05. The second-order valence-corrected chi connectivity index (χ2v) is 12.0. The normalized spacial score (nSPS) is 12.3. The average Bonchev–Trinajstić information content (AvgIpc) is 2.91. The van der Waals surface area contributed by atoms with E-state index in [1.54, 1.807) is 0 Å². The van der Waals surface area contributed by atoms with Gasteiger partial charge in [0.25, 0.3) is 0 Å². The number of hydrogen-bond acceptors (Lipinski definition) is 2. The maximum atomic E-state index is 11.0. The molecule has 0 aliphatic rings. The van der Waals surface area contributed by atoms with Crippen LogP contribution in [0.3, 0.4) is 0 Å². The van der Waals surface area contributed by atoms with E-state index in [4.69, 9.17) is 10.2 Å². The summed E-state index contributed by atoms with van der Waals surface area (Å²) < 4.78 is 0. The highest BCUT2D eigenvalue weighted by Gasteiger charge is 2.17. The molecule has 0 saturated heterocycles. The van der Waals surface area contributed by atoms with Gasteiger partial charge >= 0.3 is 11.9 Å². The maximum absolute atomic E-state index is 11.0. The first kappa shape index (κ1) is 37.7. The Morgan fingerprint density at radius 3 is 1.03 bits per heavy atom. The SMILES string of the molecule is CCCCCCCCCCCCCCCCCCCCCCCCCCCCC/C=C/C(CC(=O)O)C(=O)O. The van der Waals surface area contributed by atoms with Crippen molar-refractivity contribution in [2.45, 2.75) is 193 Å². The summed E-state index contributed by atoms with van der Waals surface area (Å²) in [5, 5.41) is 17.8. The van der Waals surface area contributed by atoms with E-state index in [0.717, 1.165) is 12.8 Å². The fourth-order valence-electron chi connectivity index (χ4n) is 5.44. The van der Waals surface area contributed by atoms with Crippen molar-refractivity contribution in [3.05, 3.63) is 12.2 Å². The second kappa shape index (κ2) is 31.2. The first-order valence-corrected chi connectivity index (χ1v) is 17.2. The molecular formula is C35H66O4. The van der Waals surface area contributed by atoms with Crippen LogP contribution in [-0.2, 0) is 9.59 Å². The highest BCUT2D eigenvalue weighted by atomic mass is 16.4. The zero-order chi connectivity index (χ0) is 28.7. The number of aliphatic carboxylic acids is 2. The Kier molecular flexibility index (Phi) is 30.2. The Balaban J connectivity index is 3.20. The van der Waals surface area contributed by atoms with Gasteiger partial charge < -0.3 is 10.2 Å². The number of unbranched alkanes of at least 4 members (excludes halogenated alkanes) is 27. The van der Waals surface area contributed by atoms with Gasteiger partial charge in [-0.05, 0) is 12.8 Å². The minimum Gasteiger partial charge on any atom is -0.481 e. The molecule has 0 heterocycles. The molecule has 0 rings (SSSR count). The van der Waals surface area contributed by atoms with Crippen LogP contribution in [0.15, 0.2) is 12.2 Å². The van der Waals surface area contributed by atoms with E-state index in [1.807, 2.05) is 6.08 Å². The summed E-state index contributed by atoms with van der Waals surface area (Å²) in [5.41, 5.74) is 0. The van der Waals surface area contributed by atoms with Crippen molar-refractivity contribution in [3.8, 4) is 0 Å². The van der Waals surface area contributed by atoms with Gasteiger partial charge in [-0.3, -0.25) is 9.59 Å². The Bertz CT molecular complexity index is 557. The van der Waals surface area contributed by atoms with Crippen LogP contribution < -0.4 is 0 Å². The fraction of sp³-hybridized carbons (Fsp3) is 0.886. The quantitative estimate of drug-likeness (QED) is 0.0645. The van der Waals surface area contributed by atoms with E-state index in [0.29, 0.717) is 0 Å². The summed E-state index contributed by atoms with van der Waals surface area (Å²) >= 11 is 0. The second-order valence-electron chi connectivity index (χ2n) is 12.0. The minimum absolute atomic E-state index is 0.342. The first-order valence-electron chi connectivity index (χ1n) is 17.2. The molecule has 0 spiro atoms. The predicted octanol–water partition coefficient (Wildman–Crippen LogP) is 11.7. The molecule has 39 heavy (non-hydrogen) atoms. The third-order valence-electron chi connectivity index (χ3n) is 8.05. The van der Waals surface area contributed by atoms with E-state index < -0.39 is 17.9 Å². The Labute approximate surface area is 242 Å². The number of rotatable bonds is 32. The Morgan fingerprint density at radius 1 is 0.487 bits per heavy atom. The number of carbonyl (C=O) groups is 2. The van der Waals surface area contributed by atoms with Crippen molar-refractivity contribution in [1.82, 2.24) is 0 Å². The van der Waals surface area contributed by atoms with Gasteiger partial charge in [0.05, 0.1) is 12.3 Å². The van der Waals surface area contributed by atoms with E-state index in [-0.39, 0.29) is 6.42 Å². The monoisotopic (exact) mass is 550 g/mol. The molecule has 0 bridgehead atoms. The molecule has 0 aromatic heterocycles. The summed E-state index contributed by atoms with van der Waals surface area (Å²) in [5.74, 6) is -3.03. The molecule has 1 atom stereocenters. The molecule has 0 aromatic carbocycles. The molecule has 4 nitrogen and oxygen atoms in total. The molecule has 0 saturated carbocycles. The predicted molar refractivity (Wildman–Crippen MR) is 167 cm³/mol. The molecule has 1 unspecified atom stereocenters. The number of allylic oxidation sites excluding steroid dienone is 1. The standard InChI is InChI=1S/C35H66O4/c1-2-3-4-5-6-7-8-9-10-11-12-13-14-15-16-17-18-19-20-21-22-23-24-25-26-27-28-29-30-31-33(35(38)39)32-34(36)37/h30-31,33H,2-29,32H2,1H3,(H,36,37)(H,38,39)/b31-30+. The lowest BCUT2D eigenvalue weighted by Crippen LogP contribution is -2.15. The van der Waals surface area contributed by atoms with Crippen molar-refractivity contribution < 1.29 is 19.8 Å². The lowest BCUT2D eigenvalue weighted by atomic mass is 10.0. The van der Waals surface area contributed by atoms with Crippen LogP contribution in [0.1, 0.15) is 193 Å². The lowest BCUT2D eigenvalue weighted by molar-refractivity contribution is -0.146. The highest BCUT2D eigenvalue weighted by molar-refractivity contribution is 5.79. The van der Waals surface area contributed by atoms with Gasteiger partial charge in [0.2, 0.25) is 0 Å². The van der Waals surface area contributed by atoms with Crippen LogP contribution in [0.2, 0.25) is 0 Å². The van der Waals surface area contributed by atoms with Gasteiger partial charge in [0.15, 0.2) is 0 Å². The van der Waals surface area contributed by atoms with Crippen LogP contribution in [0.4, 0.5) is 0 Å². The summed E-state index contributed by atoms with van der Waals surface area (Å²) in [6.07, 6.45) is 41.5. The van der Waals surface area contributed by atoms with Crippen molar-refractivity contribution in [2.24, 2.45) is 5.92 Å². The van der Waals surface area contributed by atoms with E-state index >= 15 is 0 Å². The van der Waals surface area contributed by atoms with Gasteiger partial charge in [0.1, 0.15) is 0 Å². The van der Waals surface area contributed by atoms with Gasteiger partial charge in [0, 0.05) is 0 Å². The lowest BCUT2D eigenvalue weighted by Gasteiger charge is -2.04. The maximum Gasteiger partial charge on any atom is 0.310 e. The van der Waals surface area contributed by atoms with Crippen LogP contribution in [0.25, 0.3) is 0 Å². The molecule has 0 aliphatic carbocycles. The molecule has 0 radical (unpaired) electrons. The van der Waals surface area contributed by atoms with Crippen LogP contribution in [0, 0.1) is 5.92 Å². The van der Waals surface area contributed by atoms with Crippen molar-refractivity contribution in [1.29, 1.82) is 0 Å². The molecule has 0 fully saturated rings. The average molecular weight is 551 g/mol. The zero-order valence-electron chi connectivity index (χ0n) is 25.9. The summed E-state index contributed by atoms with van der Waals surface area (Å²) in [6.45, 7) is 2.29. The molecule has 2 N–H and O–H groups in total. The van der Waals surface area contributed by atoms with Gasteiger partial charge in [-0.15, -0.1) is 0 Å². The minimum atomic E-state index is -1.07. The fourth-order valence-corrected chi connectivity index (χ4v) is 5.44. The highest BCUT2D eigenvalue weighted by Crippen LogP contribution is 2.16. The van der Waals surface area contributed by atoms with E-state index in [2.05, 4.69) is 6.92 Å². The van der Waals surface area contributed by atoms with E-state index in [9.17, 15) is 9.59 Å². The molecule has 0 aromatic rings. The van der Waals surface area contributed by atoms with Crippen molar-refractivity contribution >= 4 is 11.9 Å². The third kappa shape index (κ3) is 31.1. The number of carboxylic acid groups (broad SMARTS) is 2. The summed E-state index contributed by atoms with van der Waals surface area (Å²) in [4.78, 5) is 21.7. The topological polar surface area (TPSA) is 74.6 Å². The van der Waals surface area contributed by atoms with Gasteiger partial charge in [-0.1, -0.05) is 186 Å². The number of carboxylic acids is 2. The van der Waals surface area contributed by atoms with Crippen LogP contribution >= 0.6 is 0 Å². The number of hydrogen-bond donors (Lipinski definition) is 2. The van der Waals surface area contributed by atoms with Crippen molar-refractivity contribution in [3.63, 3.8) is 0 Å². The molecule has 0 amide bonds. The van der Waals surface area contributed by atoms with Crippen LogP contribution in [-0.4, -0.2) is 22.2 Å².